The van der Waals surface area contributed by atoms with Crippen molar-refractivity contribution in [3.8, 4) is 11.6 Å². The number of aryl methyl sites for hydroxylation is 1. The van der Waals surface area contributed by atoms with Gasteiger partial charge in [-0.25, -0.2) is 4.79 Å². The van der Waals surface area contributed by atoms with E-state index in [1.807, 2.05) is 49.4 Å². The predicted octanol–water partition coefficient (Wildman–Crippen LogP) is 6.11. The van der Waals surface area contributed by atoms with Gasteiger partial charge >= 0.3 is 5.97 Å². The van der Waals surface area contributed by atoms with E-state index in [1.54, 1.807) is 16.8 Å². The standard InChI is InChI=1S/C23H16ClN3O4S/c1-15-21(32-20-13-9-17(24)10-14-20)22(26(25-15)18-5-3-2-4-6-18)31-23(28)16-7-11-19(12-8-16)27(29)30/h2-14H,1H3. The van der Waals surface area contributed by atoms with Crippen molar-refractivity contribution >= 4 is 35.0 Å². The number of hydrogen-bond donors (Lipinski definition) is 0. The molecule has 0 radical (unpaired) electrons. The molecule has 0 saturated carbocycles. The van der Waals surface area contributed by atoms with E-state index in [0.717, 1.165) is 10.6 Å². The molecule has 0 spiro atoms. The SMILES string of the molecule is Cc1nn(-c2ccccc2)c(OC(=O)c2ccc([N+](=O)[O-])cc2)c1Sc1ccc(Cl)cc1. The lowest BCUT2D eigenvalue weighted by Crippen LogP contribution is -2.12. The van der Waals surface area contributed by atoms with E-state index in [9.17, 15) is 14.9 Å². The third kappa shape index (κ3) is 4.66. The number of rotatable bonds is 6. The molecule has 0 amide bonds. The second-order valence-electron chi connectivity index (χ2n) is 6.72. The van der Waals surface area contributed by atoms with E-state index in [-0.39, 0.29) is 17.1 Å². The van der Waals surface area contributed by atoms with Gasteiger partial charge in [-0.1, -0.05) is 41.6 Å². The molecule has 0 saturated heterocycles. The molecule has 160 valence electrons. The molecular weight excluding hydrogens is 450 g/mol. The minimum absolute atomic E-state index is 0.106. The lowest BCUT2D eigenvalue weighted by atomic mass is 10.2. The molecule has 7 nitrogen and oxygen atoms in total. The van der Waals surface area contributed by atoms with Gasteiger partial charge in [-0.05, 0) is 55.5 Å². The van der Waals surface area contributed by atoms with Crippen LogP contribution in [-0.2, 0) is 0 Å². The van der Waals surface area contributed by atoms with Gasteiger partial charge in [0.15, 0.2) is 0 Å². The number of hydrogen-bond acceptors (Lipinski definition) is 6. The Morgan fingerprint density at radius 2 is 1.69 bits per heavy atom. The first-order chi connectivity index (χ1) is 15.4. The van der Waals surface area contributed by atoms with Gasteiger partial charge in [0, 0.05) is 22.1 Å². The largest absolute Gasteiger partial charge is 0.402 e. The fraction of sp³-hybridized carbons (Fsp3) is 0.0435. The van der Waals surface area contributed by atoms with Crippen molar-refractivity contribution in [2.75, 3.05) is 0 Å². The average molecular weight is 466 g/mol. The van der Waals surface area contributed by atoms with Crippen molar-refractivity contribution in [1.82, 2.24) is 9.78 Å². The van der Waals surface area contributed by atoms with E-state index >= 15 is 0 Å². The van der Waals surface area contributed by atoms with Crippen LogP contribution >= 0.6 is 23.4 Å². The molecular formula is C23H16ClN3O4S. The lowest BCUT2D eigenvalue weighted by Gasteiger charge is -2.10. The van der Waals surface area contributed by atoms with Crippen molar-refractivity contribution in [3.63, 3.8) is 0 Å². The first kappa shape index (κ1) is 21.6. The Morgan fingerprint density at radius 1 is 1.03 bits per heavy atom. The predicted molar refractivity (Wildman–Crippen MR) is 122 cm³/mol. The van der Waals surface area contributed by atoms with Crippen molar-refractivity contribution < 1.29 is 14.5 Å². The van der Waals surface area contributed by atoms with Gasteiger partial charge in [0.25, 0.3) is 5.69 Å². The second-order valence-corrected chi connectivity index (χ2v) is 8.24. The van der Waals surface area contributed by atoms with Crippen LogP contribution in [0.25, 0.3) is 5.69 Å². The summed E-state index contributed by atoms with van der Waals surface area (Å²) in [6, 6.07) is 21.9. The Balaban J connectivity index is 1.73. The molecule has 4 aromatic rings. The van der Waals surface area contributed by atoms with Gasteiger partial charge in [0.2, 0.25) is 5.88 Å². The first-order valence-electron chi connectivity index (χ1n) is 9.47. The summed E-state index contributed by atoms with van der Waals surface area (Å²) in [6.07, 6.45) is 0. The van der Waals surface area contributed by atoms with Gasteiger partial charge in [-0.2, -0.15) is 9.78 Å². The van der Waals surface area contributed by atoms with Crippen LogP contribution in [-0.4, -0.2) is 20.7 Å². The fourth-order valence-electron chi connectivity index (χ4n) is 2.93. The van der Waals surface area contributed by atoms with E-state index in [2.05, 4.69) is 5.10 Å². The number of ether oxygens (including phenoxy) is 1. The number of nitrogens with zero attached hydrogens (tertiary/aromatic N) is 3. The number of esters is 1. The monoisotopic (exact) mass is 465 g/mol. The Hall–Kier alpha value is -3.62. The van der Waals surface area contributed by atoms with Crippen LogP contribution in [0.15, 0.2) is 88.7 Å². The number of carbonyl (C=O) groups excluding carboxylic acids is 1. The molecule has 32 heavy (non-hydrogen) atoms. The van der Waals surface area contributed by atoms with E-state index < -0.39 is 10.9 Å². The van der Waals surface area contributed by atoms with Crippen molar-refractivity contribution in [3.05, 3.63) is 105 Å². The summed E-state index contributed by atoms with van der Waals surface area (Å²) in [6.45, 7) is 1.83. The maximum Gasteiger partial charge on any atom is 0.344 e. The van der Waals surface area contributed by atoms with Crippen LogP contribution in [0, 0.1) is 17.0 Å². The lowest BCUT2D eigenvalue weighted by molar-refractivity contribution is -0.384. The number of non-ortho nitro benzene ring substituents is 1. The molecule has 0 fully saturated rings. The summed E-state index contributed by atoms with van der Waals surface area (Å²) in [7, 11) is 0. The zero-order valence-corrected chi connectivity index (χ0v) is 18.3. The number of aromatic nitrogens is 2. The number of halogens is 1. The maximum atomic E-state index is 12.9. The van der Waals surface area contributed by atoms with Crippen LogP contribution in [0.5, 0.6) is 5.88 Å². The van der Waals surface area contributed by atoms with Gasteiger partial charge in [0.05, 0.1) is 26.8 Å². The minimum atomic E-state index is -0.644. The number of benzene rings is 3. The molecule has 0 aliphatic rings. The van der Waals surface area contributed by atoms with Crippen molar-refractivity contribution in [2.24, 2.45) is 0 Å². The van der Waals surface area contributed by atoms with Crippen LogP contribution < -0.4 is 4.74 Å². The average Bonchev–Trinajstić information content (AvgIpc) is 3.11. The summed E-state index contributed by atoms with van der Waals surface area (Å²) in [5.41, 5.74) is 1.49. The molecule has 0 atom stereocenters. The molecule has 0 bridgehead atoms. The number of carbonyl (C=O) groups is 1. The summed E-state index contributed by atoms with van der Waals surface area (Å²) >= 11 is 7.39. The Bertz CT molecular complexity index is 1270. The highest BCUT2D eigenvalue weighted by Gasteiger charge is 2.23. The molecule has 0 aliphatic heterocycles. The smallest absolute Gasteiger partial charge is 0.344 e. The molecule has 0 unspecified atom stereocenters. The molecule has 1 heterocycles. The number of nitro groups is 1. The number of para-hydroxylation sites is 1. The molecule has 0 aliphatic carbocycles. The molecule has 3 aromatic carbocycles. The fourth-order valence-corrected chi connectivity index (χ4v) is 3.97. The van der Waals surface area contributed by atoms with Crippen molar-refractivity contribution in [2.45, 2.75) is 16.7 Å². The van der Waals surface area contributed by atoms with Crippen LogP contribution in [0.3, 0.4) is 0 Å². The van der Waals surface area contributed by atoms with E-state index in [1.165, 1.54) is 36.0 Å². The summed E-state index contributed by atoms with van der Waals surface area (Å²) < 4.78 is 7.35. The quantitative estimate of drug-likeness (QED) is 0.194. The Labute approximate surface area is 192 Å². The van der Waals surface area contributed by atoms with Gasteiger partial charge in [0.1, 0.15) is 0 Å². The molecule has 1 aromatic heterocycles. The van der Waals surface area contributed by atoms with E-state index in [4.69, 9.17) is 16.3 Å². The van der Waals surface area contributed by atoms with Gasteiger partial charge in [-0.3, -0.25) is 10.1 Å². The summed E-state index contributed by atoms with van der Waals surface area (Å²) in [4.78, 5) is 24.8. The highest BCUT2D eigenvalue weighted by atomic mass is 35.5. The maximum absolute atomic E-state index is 12.9. The summed E-state index contributed by atoms with van der Waals surface area (Å²) in [5, 5.41) is 16.1. The third-order valence-corrected chi connectivity index (χ3v) is 5.94. The summed E-state index contributed by atoms with van der Waals surface area (Å²) in [5.74, 6) is -0.382. The van der Waals surface area contributed by atoms with E-state index in [0.29, 0.717) is 15.6 Å². The molecule has 4 rings (SSSR count). The first-order valence-corrected chi connectivity index (χ1v) is 10.7. The minimum Gasteiger partial charge on any atom is -0.402 e. The van der Waals surface area contributed by atoms with Crippen LogP contribution in [0.2, 0.25) is 5.02 Å². The van der Waals surface area contributed by atoms with Crippen LogP contribution in [0.1, 0.15) is 16.1 Å². The van der Waals surface area contributed by atoms with Gasteiger partial charge in [-0.15, -0.1) is 0 Å². The normalized spacial score (nSPS) is 10.7. The zero-order chi connectivity index (χ0) is 22.7. The highest BCUT2D eigenvalue weighted by molar-refractivity contribution is 7.99. The zero-order valence-electron chi connectivity index (χ0n) is 16.8. The molecule has 0 N–H and O–H groups in total. The number of nitro benzene ring substituents is 1. The topological polar surface area (TPSA) is 87.3 Å². The van der Waals surface area contributed by atoms with Crippen LogP contribution in [0.4, 0.5) is 5.69 Å². The molecule has 9 heteroatoms. The Kier molecular flexibility index (Phi) is 6.25. The Morgan fingerprint density at radius 3 is 2.31 bits per heavy atom. The van der Waals surface area contributed by atoms with Crippen molar-refractivity contribution in [1.29, 1.82) is 0 Å². The highest BCUT2D eigenvalue weighted by Crippen LogP contribution is 2.39. The second kappa shape index (κ2) is 9.25. The third-order valence-electron chi connectivity index (χ3n) is 4.50. The van der Waals surface area contributed by atoms with Gasteiger partial charge < -0.3 is 4.74 Å².